The summed E-state index contributed by atoms with van der Waals surface area (Å²) in [5.41, 5.74) is 0. The van der Waals surface area contributed by atoms with E-state index in [1.807, 2.05) is 0 Å². The maximum atomic E-state index is 12.3. The largest absolute Gasteiger partial charge is 0.263 e. The third kappa shape index (κ3) is 3.03. The van der Waals surface area contributed by atoms with Crippen LogP contribution in [0.1, 0.15) is 25.7 Å². The highest BCUT2D eigenvalue weighted by Gasteiger charge is 2.45. The zero-order chi connectivity index (χ0) is 16.0. The smallest absolute Gasteiger partial charge is 0.242 e. The fraction of sp³-hybridized carbons (Fsp3) is 0.615. The van der Waals surface area contributed by atoms with Crippen LogP contribution in [0, 0.1) is 0 Å². The summed E-state index contributed by atoms with van der Waals surface area (Å²) in [6, 6.07) is 2.63. The Labute approximate surface area is 130 Å². The van der Waals surface area contributed by atoms with Gasteiger partial charge >= 0.3 is 0 Å². The first kappa shape index (κ1) is 15.9. The summed E-state index contributed by atoms with van der Waals surface area (Å²) in [6.07, 6.45) is 6.67. The van der Waals surface area contributed by atoms with Gasteiger partial charge in [0.05, 0.1) is 6.26 Å². The number of piperidine rings is 1. The molecule has 2 bridgehead atoms. The molecule has 0 aromatic carbocycles. The molecule has 2 saturated heterocycles. The fourth-order valence-electron chi connectivity index (χ4n) is 3.57. The molecule has 1 aromatic heterocycles. The molecule has 3 heterocycles. The molecular weight excluding hydrogens is 326 g/mol. The first-order valence-electron chi connectivity index (χ1n) is 7.18. The van der Waals surface area contributed by atoms with Gasteiger partial charge in [-0.25, -0.2) is 21.6 Å². The summed E-state index contributed by atoms with van der Waals surface area (Å²) >= 11 is 0. The summed E-state index contributed by atoms with van der Waals surface area (Å²) in [7, 11) is -6.85. The monoisotopic (exact) mass is 345 g/mol. The van der Waals surface area contributed by atoms with Gasteiger partial charge in [-0.05, 0) is 37.8 Å². The summed E-state index contributed by atoms with van der Waals surface area (Å²) in [6.45, 7) is 0. The maximum Gasteiger partial charge on any atom is 0.242 e. The highest BCUT2D eigenvalue weighted by molar-refractivity contribution is 7.89. The number of sulfonamides is 2. The van der Waals surface area contributed by atoms with Crippen molar-refractivity contribution in [2.24, 2.45) is 0 Å². The molecule has 22 heavy (non-hydrogen) atoms. The molecule has 1 aromatic rings. The Morgan fingerprint density at radius 3 is 2.32 bits per heavy atom. The summed E-state index contributed by atoms with van der Waals surface area (Å²) < 4.78 is 52.6. The second kappa shape index (κ2) is 5.55. The lowest BCUT2D eigenvalue weighted by Gasteiger charge is -2.37. The zero-order valence-electron chi connectivity index (χ0n) is 12.2. The van der Waals surface area contributed by atoms with Crippen LogP contribution < -0.4 is 4.72 Å². The van der Waals surface area contributed by atoms with Gasteiger partial charge in [-0.3, -0.25) is 4.98 Å². The molecule has 0 radical (unpaired) electrons. The minimum absolute atomic E-state index is 0.102. The second-order valence-corrected chi connectivity index (χ2v) is 9.56. The van der Waals surface area contributed by atoms with Gasteiger partial charge in [0, 0.05) is 30.5 Å². The van der Waals surface area contributed by atoms with Crippen LogP contribution >= 0.6 is 0 Å². The lowest BCUT2D eigenvalue weighted by Crippen LogP contribution is -2.51. The number of nitrogens with one attached hydrogen (secondary N) is 1. The number of nitrogens with zero attached hydrogens (tertiary/aromatic N) is 2. The minimum Gasteiger partial charge on any atom is -0.263 e. The first-order valence-corrected chi connectivity index (χ1v) is 10.5. The summed E-state index contributed by atoms with van der Waals surface area (Å²) in [5, 5.41) is 0. The third-order valence-electron chi connectivity index (χ3n) is 4.32. The molecule has 2 unspecified atom stereocenters. The van der Waals surface area contributed by atoms with Crippen molar-refractivity contribution in [3.05, 3.63) is 24.5 Å². The first-order chi connectivity index (χ1) is 10.3. The Morgan fingerprint density at radius 1 is 1.18 bits per heavy atom. The minimum atomic E-state index is -3.61. The molecule has 1 N–H and O–H groups in total. The van der Waals surface area contributed by atoms with Gasteiger partial charge in [0.15, 0.2) is 0 Å². The van der Waals surface area contributed by atoms with Crippen molar-refractivity contribution in [1.29, 1.82) is 0 Å². The number of rotatable bonds is 4. The Balaban J connectivity index is 1.75. The molecule has 9 heteroatoms. The highest BCUT2D eigenvalue weighted by atomic mass is 32.2. The van der Waals surface area contributed by atoms with Crippen molar-refractivity contribution >= 4 is 20.0 Å². The molecule has 3 rings (SSSR count). The number of aromatic nitrogens is 1. The van der Waals surface area contributed by atoms with E-state index >= 15 is 0 Å². The molecule has 122 valence electrons. The molecule has 2 aliphatic rings. The quantitative estimate of drug-likeness (QED) is 0.847. The molecule has 0 aliphatic carbocycles. The summed E-state index contributed by atoms with van der Waals surface area (Å²) in [4.78, 5) is 3.96. The topological polar surface area (TPSA) is 96.4 Å². The van der Waals surface area contributed by atoms with E-state index in [4.69, 9.17) is 0 Å². The van der Waals surface area contributed by atoms with Gasteiger partial charge in [0.1, 0.15) is 4.90 Å². The van der Waals surface area contributed by atoms with Gasteiger partial charge in [-0.1, -0.05) is 0 Å². The SMILES string of the molecule is CS(=O)(=O)N1C2CCC1CC(NS(=O)(=O)c1cccnc1)C2. The van der Waals surface area contributed by atoms with E-state index in [2.05, 4.69) is 9.71 Å². The molecular formula is C13H19N3O4S2. The van der Waals surface area contributed by atoms with Crippen molar-refractivity contribution in [2.45, 2.75) is 48.7 Å². The Morgan fingerprint density at radius 2 is 1.82 bits per heavy atom. The van der Waals surface area contributed by atoms with E-state index < -0.39 is 20.0 Å². The molecule has 7 nitrogen and oxygen atoms in total. The number of pyridine rings is 1. The van der Waals surface area contributed by atoms with Crippen LogP contribution in [0.3, 0.4) is 0 Å². The van der Waals surface area contributed by atoms with Gasteiger partial charge in [-0.2, -0.15) is 4.31 Å². The molecule has 2 atom stereocenters. The Bertz CT molecular complexity index is 735. The van der Waals surface area contributed by atoms with Crippen LogP contribution in [0.25, 0.3) is 0 Å². The van der Waals surface area contributed by atoms with E-state index in [1.165, 1.54) is 24.7 Å². The average Bonchev–Trinajstić information content (AvgIpc) is 2.72. The summed E-state index contributed by atoms with van der Waals surface area (Å²) in [5.74, 6) is 0. The lowest BCUT2D eigenvalue weighted by atomic mass is 10.0. The maximum absolute atomic E-state index is 12.3. The third-order valence-corrected chi connectivity index (χ3v) is 7.18. The van der Waals surface area contributed by atoms with Gasteiger partial charge in [0.2, 0.25) is 20.0 Å². The second-order valence-electron chi connectivity index (χ2n) is 5.96. The van der Waals surface area contributed by atoms with Crippen molar-refractivity contribution in [3.8, 4) is 0 Å². The predicted molar refractivity (Wildman–Crippen MR) is 81.1 cm³/mol. The fourth-order valence-corrected chi connectivity index (χ4v) is 6.26. The standard InChI is InChI=1S/C13H19N3O4S2/c1-21(17,18)16-11-4-5-12(16)8-10(7-11)15-22(19,20)13-3-2-6-14-9-13/h2-3,6,9-12,15H,4-5,7-8H2,1H3. The average molecular weight is 345 g/mol. The zero-order valence-corrected chi connectivity index (χ0v) is 13.8. The van der Waals surface area contributed by atoms with E-state index in [1.54, 1.807) is 10.4 Å². The normalized spacial score (nSPS) is 29.6. The van der Waals surface area contributed by atoms with E-state index in [9.17, 15) is 16.8 Å². The van der Waals surface area contributed by atoms with E-state index in [-0.39, 0.29) is 23.0 Å². The van der Waals surface area contributed by atoms with Crippen molar-refractivity contribution in [1.82, 2.24) is 14.0 Å². The van der Waals surface area contributed by atoms with Crippen LogP contribution in [0.4, 0.5) is 0 Å². The van der Waals surface area contributed by atoms with Crippen LogP contribution in [-0.4, -0.2) is 50.5 Å². The van der Waals surface area contributed by atoms with Crippen LogP contribution in [0.5, 0.6) is 0 Å². The number of fused-ring (bicyclic) bond motifs is 2. The number of hydrogen-bond acceptors (Lipinski definition) is 5. The van der Waals surface area contributed by atoms with Crippen molar-refractivity contribution < 1.29 is 16.8 Å². The molecule has 0 saturated carbocycles. The van der Waals surface area contributed by atoms with Crippen LogP contribution in [0.15, 0.2) is 29.4 Å². The van der Waals surface area contributed by atoms with Crippen LogP contribution in [0.2, 0.25) is 0 Å². The Kier molecular flexibility index (Phi) is 4.00. The van der Waals surface area contributed by atoms with Crippen molar-refractivity contribution in [2.75, 3.05) is 6.26 Å². The van der Waals surface area contributed by atoms with Crippen LogP contribution in [-0.2, 0) is 20.0 Å². The van der Waals surface area contributed by atoms with Crippen molar-refractivity contribution in [3.63, 3.8) is 0 Å². The van der Waals surface area contributed by atoms with E-state index in [0.717, 1.165) is 12.8 Å². The predicted octanol–water partition coefficient (Wildman–Crippen LogP) is 0.315. The van der Waals surface area contributed by atoms with Gasteiger partial charge < -0.3 is 0 Å². The number of hydrogen-bond donors (Lipinski definition) is 1. The lowest BCUT2D eigenvalue weighted by molar-refractivity contribution is 0.221. The molecule has 2 aliphatic heterocycles. The van der Waals surface area contributed by atoms with Gasteiger partial charge in [-0.15, -0.1) is 0 Å². The molecule has 0 amide bonds. The molecule has 0 spiro atoms. The molecule has 2 fully saturated rings. The Hall–Kier alpha value is -1.03. The van der Waals surface area contributed by atoms with E-state index in [0.29, 0.717) is 12.8 Å². The van der Waals surface area contributed by atoms with Gasteiger partial charge in [0.25, 0.3) is 0 Å². The highest BCUT2D eigenvalue weighted by Crippen LogP contribution is 2.37.